The van der Waals surface area contributed by atoms with Crippen molar-refractivity contribution in [3.05, 3.63) is 66.5 Å². The molecule has 0 radical (unpaired) electrons. The van der Waals surface area contributed by atoms with Gasteiger partial charge in [0.2, 0.25) is 0 Å². The lowest BCUT2D eigenvalue weighted by Gasteiger charge is -2.17. The van der Waals surface area contributed by atoms with Gasteiger partial charge >= 0.3 is 0 Å². The maximum Gasteiger partial charge on any atom is 0.128 e. The van der Waals surface area contributed by atoms with Crippen LogP contribution in [0.15, 0.2) is 66.0 Å². The highest BCUT2D eigenvalue weighted by Gasteiger charge is 2.17. The number of nitrogens with one attached hydrogen (secondary N) is 1. The second-order valence-corrected chi connectivity index (χ2v) is 6.74. The third-order valence-corrected chi connectivity index (χ3v) is 4.75. The third kappa shape index (κ3) is 4.32. The van der Waals surface area contributed by atoms with Crippen molar-refractivity contribution in [3.63, 3.8) is 0 Å². The molecule has 0 saturated carbocycles. The highest BCUT2D eigenvalue weighted by atomic mass is 32.1. The molecule has 0 bridgehead atoms. The number of H-pyrrole nitrogens is 1. The van der Waals surface area contributed by atoms with E-state index in [-0.39, 0.29) is 11.5 Å². The lowest BCUT2D eigenvalue weighted by molar-refractivity contribution is 0.180. The number of rotatable bonds is 7. The standard InChI is InChI=1S/C21H23N3O3S/c1-14(5-3-6-15-7-4-10-24(15)11-12-27-2)19-20(22-23-21(19)28)17-9-8-16(25)13-18(17)26/h3-6,8-10,13,25-26H,1,7,11-12H2,2H3,(H2,22,23,28)/b5-3-,15-6+. The van der Waals surface area contributed by atoms with Crippen LogP contribution in [0.4, 0.5) is 0 Å². The third-order valence-electron chi connectivity index (χ3n) is 4.42. The first-order chi connectivity index (χ1) is 13.5. The van der Waals surface area contributed by atoms with Gasteiger partial charge in [0.05, 0.1) is 12.3 Å². The molecule has 0 atom stereocenters. The van der Waals surface area contributed by atoms with E-state index in [4.69, 9.17) is 4.74 Å². The Labute approximate surface area is 169 Å². The van der Waals surface area contributed by atoms with E-state index in [9.17, 15) is 10.2 Å². The Bertz CT molecular complexity index is 960. The average molecular weight is 398 g/mol. The first-order valence-electron chi connectivity index (χ1n) is 8.79. The molecule has 146 valence electrons. The minimum atomic E-state index is -0.0528. The molecule has 2 aromatic rings. The largest absolute Gasteiger partial charge is 0.508 e. The zero-order chi connectivity index (χ0) is 20.1. The predicted octanol–water partition coefficient (Wildman–Crippen LogP) is 4.10. The molecule has 28 heavy (non-hydrogen) atoms. The molecule has 2 heterocycles. The fourth-order valence-corrected chi connectivity index (χ4v) is 3.31. The number of hydrogen-bond donors (Lipinski definition) is 4. The van der Waals surface area contributed by atoms with Crippen LogP contribution in [0.5, 0.6) is 11.5 Å². The molecule has 0 aliphatic carbocycles. The van der Waals surface area contributed by atoms with Crippen molar-refractivity contribution in [2.45, 2.75) is 11.4 Å². The van der Waals surface area contributed by atoms with Gasteiger partial charge in [-0.15, -0.1) is 12.6 Å². The quantitative estimate of drug-likeness (QED) is 0.418. The Morgan fingerprint density at radius 2 is 2.25 bits per heavy atom. The number of aromatic amines is 1. The molecule has 6 nitrogen and oxygen atoms in total. The highest BCUT2D eigenvalue weighted by Crippen LogP contribution is 2.37. The van der Waals surface area contributed by atoms with E-state index in [0.29, 0.717) is 34.0 Å². The number of nitrogens with zero attached hydrogens (tertiary/aromatic N) is 2. The van der Waals surface area contributed by atoms with Gasteiger partial charge in [-0.05, 0) is 23.8 Å². The summed E-state index contributed by atoms with van der Waals surface area (Å²) >= 11 is 4.41. The van der Waals surface area contributed by atoms with Crippen LogP contribution in [0, 0.1) is 0 Å². The Kier molecular flexibility index (Phi) is 6.28. The summed E-state index contributed by atoms with van der Waals surface area (Å²) in [6.07, 6.45) is 10.9. The van der Waals surface area contributed by atoms with Gasteiger partial charge in [-0.25, -0.2) is 0 Å². The van der Waals surface area contributed by atoms with Crippen molar-refractivity contribution in [1.29, 1.82) is 0 Å². The molecular formula is C21H23N3O3S. The molecule has 1 aromatic heterocycles. The smallest absolute Gasteiger partial charge is 0.128 e. The van der Waals surface area contributed by atoms with Gasteiger partial charge in [-0.2, -0.15) is 5.10 Å². The summed E-state index contributed by atoms with van der Waals surface area (Å²) < 4.78 is 5.14. The van der Waals surface area contributed by atoms with Crippen LogP contribution in [-0.2, 0) is 4.74 Å². The van der Waals surface area contributed by atoms with Crippen LogP contribution < -0.4 is 0 Å². The highest BCUT2D eigenvalue weighted by molar-refractivity contribution is 7.80. The molecule has 3 rings (SSSR count). The van der Waals surface area contributed by atoms with E-state index in [1.807, 2.05) is 18.2 Å². The minimum Gasteiger partial charge on any atom is -0.508 e. The zero-order valence-corrected chi connectivity index (χ0v) is 16.5. The molecule has 1 aliphatic rings. The topological polar surface area (TPSA) is 81.6 Å². The van der Waals surface area contributed by atoms with Gasteiger partial charge in [0, 0.05) is 49.2 Å². The van der Waals surface area contributed by atoms with Crippen LogP contribution >= 0.6 is 12.6 Å². The van der Waals surface area contributed by atoms with Gasteiger partial charge < -0.3 is 19.8 Å². The average Bonchev–Trinajstić information content (AvgIpc) is 3.26. The maximum atomic E-state index is 10.2. The summed E-state index contributed by atoms with van der Waals surface area (Å²) in [6.45, 7) is 5.59. The molecule has 3 N–H and O–H groups in total. The Hall–Kier alpha value is -2.90. The lowest BCUT2D eigenvalue weighted by atomic mass is 10.0. The van der Waals surface area contributed by atoms with Crippen molar-refractivity contribution < 1.29 is 14.9 Å². The van der Waals surface area contributed by atoms with E-state index in [2.05, 4.69) is 46.6 Å². The fraction of sp³-hybridized carbons (Fsp3) is 0.190. The van der Waals surface area contributed by atoms with Gasteiger partial charge in [0.15, 0.2) is 0 Å². The Morgan fingerprint density at radius 3 is 3.00 bits per heavy atom. The van der Waals surface area contributed by atoms with Crippen molar-refractivity contribution in [2.24, 2.45) is 0 Å². The van der Waals surface area contributed by atoms with Crippen molar-refractivity contribution in [1.82, 2.24) is 15.1 Å². The minimum absolute atomic E-state index is 0.0121. The molecule has 0 amide bonds. The van der Waals surface area contributed by atoms with Crippen molar-refractivity contribution in [2.75, 3.05) is 20.3 Å². The van der Waals surface area contributed by atoms with Gasteiger partial charge in [-0.1, -0.05) is 24.8 Å². The maximum absolute atomic E-state index is 10.2. The summed E-state index contributed by atoms with van der Waals surface area (Å²) in [7, 11) is 1.69. The summed E-state index contributed by atoms with van der Waals surface area (Å²) in [5.41, 5.74) is 3.68. The number of phenolic OH excluding ortho intramolecular Hbond substituents is 2. The number of hydrogen-bond acceptors (Lipinski definition) is 6. The number of ether oxygens (including phenoxy) is 1. The molecule has 1 aliphatic heterocycles. The summed E-state index contributed by atoms with van der Waals surface area (Å²) in [5.74, 6) is -0.0649. The zero-order valence-electron chi connectivity index (χ0n) is 15.6. The Morgan fingerprint density at radius 1 is 1.43 bits per heavy atom. The van der Waals surface area contributed by atoms with Gasteiger partial charge in [-0.3, -0.25) is 5.10 Å². The Balaban J connectivity index is 1.81. The van der Waals surface area contributed by atoms with E-state index >= 15 is 0 Å². The van der Waals surface area contributed by atoms with Crippen LogP contribution in [0.2, 0.25) is 0 Å². The number of thiol groups is 1. The van der Waals surface area contributed by atoms with Crippen molar-refractivity contribution in [3.8, 4) is 22.8 Å². The first kappa shape index (κ1) is 19.9. The second kappa shape index (κ2) is 8.86. The summed E-state index contributed by atoms with van der Waals surface area (Å²) in [5, 5.41) is 27.2. The van der Waals surface area contributed by atoms with Crippen LogP contribution in [-0.4, -0.2) is 45.6 Å². The predicted molar refractivity (Wildman–Crippen MR) is 113 cm³/mol. The van der Waals surface area contributed by atoms with Gasteiger partial charge in [0.1, 0.15) is 16.5 Å². The summed E-state index contributed by atoms with van der Waals surface area (Å²) in [4.78, 5) is 2.15. The van der Waals surface area contributed by atoms with Crippen LogP contribution in [0.25, 0.3) is 16.8 Å². The number of methoxy groups -OCH3 is 1. The van der Waals surface area contributed by atoms with E-state index in [1.54, 1.807) is 13.2 Å². The lowest BCUT2D eigenvalue weighted by Crippen LogP contribution is -2.17. The molecule has 1 aromatic carbocycles. The second-order valence-electron chi connectivity index (χ2n) is 6.32. The monoisotopic (exact) mass is 397 g/mol. The number of aromatic hydroxyl groups is 2. The molecule has 0 fully saturated rings. The first-order valence-corrected chi connectivity index (χ1v) is 9.24. The van der Waals surface area contributed by atoms with Crippen LogP contribution in [0.3, 0.4) is 0 Å². The van der Waals surface area contributed by atoms with E-state index in [0.717, 1.165) is 13.0 Å². The number of aromatic nitrogens is 2. The molecule has 0 saturated heterocycles. The molecule has 0 unspecified atom stereocenters. The number of benzene rings is 1. The number of phenols is 2. The van der Waals surface area contributed by atoms with Crippen LogP contribution in [0.1, 0.15) is 12.0 Å². The normalized spacial score (nSPS) is 15.2. The van der Waals surface area contributed by atoms with Gasteiger partial charge in [0.25, 0.3) is 0 Å². The molecular weight excluding hydrogens is 374 g/mol. The summed E-state index contributed by atoms with van der Waals surface area (Å²) in [6, 6.07) is 4.40. The SMILES string of the molecule is C=C(/C=C\C=C1/CC=CN1CCOC)c1c(S)n[nH]c1-c1ccc(O)cc1O. The van der Waals surface area contributed by atoms with Crippen molar-refractivity contribution >= 4 is 18.2 Å². The number of allylic oxidation sites excluding steroid dienone is 5. The van der Waals surface area contributed by atoms with E-state index < -0.39 is 0 Å². The fourth-order valence-electron chi connectivity index (χ4n) is 3.01. The molecule has 0 spiro atoms. The molecule has 7 heteroatoms. The van der Waals surface area contributed by atoms with E-state index in [1.165, 1.54) is 17.8 Å².